The predicted octanol–water partition coefficient (Wildman–Crippen LogP) is 5.17. The highest BCUT2D eigenvalue weighted by Crippen LogP contribution is 2.37. The first-order chi connectivity index (χ1) is 14.2. The SMILES string of the molecule is CCc1cccc(CC)c1-n1nc2c(c1-c1ccc(Cl)c3[nH]ncc13)C=NCC2. The molecule has 5 nitrogen and oxygen atoms in total. The van der Waals surface area contributed by atoms with E-state index in [-0.39, 0.29) is 0 Å². The van der Waals surface area contributed by atoms with E-state index in [2.05, 4.69) is 58.0 Å². The van der Waals surface area contributed by atoms with Gasteiger partial charge in [-0.3, -0.25) is 10.1 Å². The zero-order valence-electron chi connectivity index (χ0n) is 16.5. The van der Waals surface area contributed by atoms with Gasteiger partial charge in [0.25, 0.3) is 0 Å². The third-order valence-corrected chi connectivity index (χ3v) is 6.01. The van der Waals surface area contributed by atoms with E-state index >= 15 is 0 Å². The molecule has 0 aliphatic carbocycles. The van der Waals surface area contributed by atoms with Gasteiger partial charge in [0.15, 0.2) is 0 Å². The molecule has 0 amide bonds. The molecule has 2 aromatic carbocycles. The molecule has 0 radical (unpaired) electrons. The number of benzene rings is 2. The number of H-pyrrole nitrogens is 1. The molecule has 146 valence electrons. The van der Waals surface area contributed by atoms with Gasteiger partial charge >= 0.3 is 0 Å². The van der Waals surface area contributed by atoms with Crippen LogP contribution in [0.4, 0.5) is 0 Å². The summed E-state index contributed by atoms with van der Waals surface area (Å²) in [5, 5.41) is 14.0. The largest absolute Gasteiger partial charge is 0.292 e. The van der Waals surface area contributed by atoms with E-state index in [4.69, 9.17) is 16.7 Å². The first kappa shape index (κ1) is 18.1. The molecule has 1 aliphatic heterocycles. The lowest BCUT2D eigenvalue weighted by Crippen LogP contribution is -2.07. The van der Waals surface area contributed by atoms with Gasteiger partial charge in [0, 0.05) is 35.7 Å². The van der Waals surface area contributed by atoms with Crippen LogP contribution in [-0.4, -0.2) is 32.7 Å². The number of nitrogens with zero attached hydrogens (tertiary/aromatic N) is 4. The normalized spacial score (nSPS) is 13.2. The van der Waals surface area contributed by atoms with Crippen molar-refractivity contribution < 1.29 is 0 Å². The van der Waals surface area contributed by atoms with Crippen molar-refractivity contribution in [2.24, 2.45) is 4.99 Å². The minimum Gasteiger partial charge on any atom is -0.292 e. The minimum absolute atomic E-state index is 0.665. The Kier molecular flexibility index (Phi) is 4.47. The Morgan fingerprint density at radius 1 is 1.10 bits per heavy atom. The summed E-state index contributed by atoms with van der Waals surface area (Å²) in [7, 11) is 0. The van der Waals surface area contributed by atoms with E-state index in [0.29, 0.717) is 5.02 Å². The van der Waals surface area contributed by atoms with Gasteiger partial charge in [0.1, 0.15) is 0 Å². The van der Waals surface area contributed by atoms with E-state index in [1.54, 1.807) is 0 Å². The molecule has 5 rings (SSSR count). The lowest BCUT2D eigenvalue weighted by molar-refractivity contribution is 0.806. The van der Waals surface area contributed by atoms with Crippen molar-refractivity contribution in [1.82, 2.24) is 20.0 Å². The fourth-order valence-electron chi connectivity index (χ4n) is 4.24. The maximum absolute atomic E-state index is 6.41. The molecule has 3 heterocycles. The fourth-order valence-corrected chi connectivity index (χ4v) is 4.45. The Morgan fingerprint density at radius 2 is 1.90 bits per heavy atom. The molecule has 2 aromatic heterocycles. The average Bonchev–Trinajstić information content (AvgIpc) is 3.39. The molecular weight excluding hydrogens is 382 g/mol. The summed E-state index contributed by atoms with van der Waals surface area (Å²) in [5.41, 5.74) is 8.92. The topological polar surface area (TPSA) is 58.9 Å². The Bertz CT molecular complexity index is 1230. The maximum atomic E-state index is 6.41. The lowest BCUT2D eigenvalue weighted by Gasteiger charge is -2.17. The van der Waals surface area contributed by atoms with Gasteiger partial charge in [-0.2, -0.15) is 10.2 Å². The van der Waals surface area contributed by atoms with E-state index < -0.39 is 0 Å². The summed E-state index contributed by atoms with van der Waals surface area (Å²) in [5.74, 6) is 0. The number of fused-ring (bicyclic) bond motifs is 2. The van der Waals surface area contributed by atoms with Crippen LogP contribution in [0.15, 0.2) is 41.5 Å². The molecule has 6 heteroatoms. The zero-order valence-corrected chi connectivity index (χ0v) is 17.3. The summed E-state index contributed by atoms with van der Waals surface area (Å²) in [6.07, 6.45) is 6.56. The number of nitrogens with one attached hydrogen (secondary N) is 1. The Labute approximate surface area is 174 Å². The minimum atomic E-state index is 0.665. The first-order valence-corrected chi connectivity index (χ1v) is 10.5. The summed E-state index contributed by atoms with van der Waals surface area (Å²) < 4.78 is 2.13. The molecule has 0 saturated carbocycles. The summed E-state index contributed by atoms with van der Waals surface area (Å²) >= 11 is 6.41. The van der Waals surface area contributed by atoms with Crippen molar-refractivity contribution in [1.29, 1.82) is 0 Å². The van der Waals surface area contributed by atoms with Crippen LogP contribution in [-0.2, 0) is 19.3 Å². The molecular formula is C23H22ClN5. The molecule has 0 spiro atoms. The van der Waals surface area contributed by atoms with Crippen molar-refractivity contribution in [3.8, 4) is 16.9 Å². The predicted molar refractivity (Wildman–Crippen MR) is 119 cm³/mol. The van der Waals surface area contributed by atoms with Gasteiger partial charge < -0.3 is 0 Å². The summed E-state index contributed by atoms with van der Waals surface area (Å²) in [6, 6.07) is 10.5. The van der Waals surface area contributed by atoms with Crippen LogP contribution in [0.5, 0.6) is 0 Å². The Morgan fingerprint density at radius 3 is 2.66 bits per heavy atom. The van der Waals surface area contributed by atoms with Crippen molar-refractivity contribution in [2.45, 2.75) is 33.1 Å². The van der Waals surface area contributed by atoms with E-state index in [0.717, 1.165) is 59.2 Å². The molecule has 0 saturated heterocycles. The third kappa shape index (κ3) is 2.80. The van der Waals surface area contributed by atoms with Crippen molar-refractivity contribution in [3.63, 3.8) is 0 Å². The second-order valence-corrected chi connectivity index (χ2v) is 7.70. The van der Waals surface area contributed by atoms with Gasteiger partial charge in [-0.15, -0.1) is 0 Å². The molecule has 4 aromatic rings. The van der Waals surface area contributed by atoms with Crippen molar-refractivity contribution in [2.75, 3.05) is 6.54 Å². The van der Waals surface area contributed by atoms with E-state index in [9.17, 15) is 0 Å². The number of halogens is 1. The number of rotatable bonds is 4. The highest BCUT2D eigenvalue weighted by molar-refractivity contribution is 6.35. The van der Waals surface area contributed by atoms with Crippen LogP contribution in [0.25, 0.3) is 27.8 Å². The second-order valence-electron chi connectivity index (χ2n) is 7.29. The van der Waals surface area contributed by atoms with Crippen LogP contribution in [0.2, 0.25) is 5.02 Å². The van der Waals surface area contributed by atoms with E-state index in [1.165, 1.54) is 16.8 Å². The number of para-hydroxylation sites is 1. The van der Waals surface area contributed by atoms with Gasteiger partial charge in [0.05, 0.1) is 33.8 Å². The second kappa shape index (κ2) is 7.16. The molecule has 0 atom stereocenters. The number of hydrogen-bond acceptors (Lipinski definition) is 3. The first-order valence-electron chi connectivity index (χ1n) is 10.1. The number of aryl methyl sites for hydroxylation is 2. The number of aromatic nitrogens is 4. The smallest absolute Gasteiger partial charge is 0.0843 e. The molecule has 0 unspecified atom stereocenters. The van der Waals surface area contributed by atoms with Gasteiger partial charge in [-0.25, -0.2) is 4.68 Å². The summed E-state index contributed by atoms with van der Waals surface area (Å²) in [4.78, 5) is 4.55. The Balaban J connectivity index is 1.89. The average molecular weight is 404 g/mol. The number of aliphatic imine (C=N–C) groups is 1. The molecule has 0 bridgehead atoms. The number of aromatic amines is 1. The third-order valence-electron chi connectivity index (χ3n) is 5.69. The van der Waals surface area contributed by atoms with Gasteiger partial charge in [-0.05, 0) is 30.0 Å². The van der Waals surface area contributed by atoms with Gasteiger partial charge in [0.2, 0.25) is 0 Å². The molecule has 29 heavy (non-hydrogen) atoms. The van der Waals surface area contributed by atoms with Crippen molar-refractivity contribution >= 4 is 28.7 Å². The van der Waals surface area contributed by atoms with Gasteiger partial charge in [-0.1, -0.05) is 49.7 Å². The van der Waals surface area contributed by atoms with Crippen LogP contribution >= 0.6 is 11.6 Å². The highest BCUT2D eigenvalue weighted by Gasteiger charge is 2.25. The fraction of sp³-hybridized carbons (Fsp3) is 0.261. The monoisotopic (exact) mass is 403 g/mol. The van der Waals surface area contributed by atoms with E-state index in [1.807, 2.05) is 18.5 Å². The van der Waals surface area contributed by atoms with Crippen LogP contribution in [0.3, 0.4) is 0 Å². The Hall–Kier alpha value is -2.92. The molecule has 0 fully saturated rings. The highest BCUT2D eigenvalue weighted by atomic mass is 35.5. The number of hydrogen-bond donors (Lipinski definition) is 1. The van der Waals surface area contributed by atoms with Crippen LogP contribution < -0.4 is 0 Å². The van der Waals surface area contributed by atoms with Crippen molar-refractivity contribution in [3.05, 3.63) is 63.9 Å². The zero-order chi connectivity index (χ0) is 20.0. The van der Waals surface area contributed by atoms with Crippen LogP contribution in [0.1, 0.15) is 36.2 Å². The maximum Gasteiger partial charge on any atom is 0.0843 e. The van der Waals surface area contributed by atoms with Crippen LogP contribution in [0, 0.1) is 0 Å². The molecule has 1 N–H and O–H groups in total. The summed E-state index contributed by atoms with van der Waals surface area (Å²) in [6.45, 7) is 5.17. The lowest BCUT2D eigenvalue weighted by atomic mass is 9.99. The standard InChI is InChI=1S/C23H22ClN5/c1-3-14-6-5-7-15(4-2)22(14)29-23(18-12-25-11-10-20(18)28-29)16-8-9-19(24)21-17(16)13-26-27-21/h5-9,12-13H,3-4,10-11H2,1-2H3,(H,26,27). The molecule has 1 aliphatic rings. The quantitative estimate of drug-likeness (QED) is 0.511.